The lowest BCUT2D eigenvalue weighted by atomic mass is 10.1. The highest BCUT2D eigenvalue weighted by Crippen LogP contribution is 2.46. The van der Waals surface area contributed by atoms with Gasteiger partial charge in [-0.1, -0.05) is 0 Å². The predicted molar refractivity (Wildman–Crippen MR) is 38.6 cm³/mol. The molecule has 0 N–H and O–H groups in total. The fourth-order valence-electron chi connectivity index (χ4n) is 1.61. The summed E-state index contributed by atoms with van der Waals surface area (Å²) >= 11 is 8.06. The van der Waals surface area contributed by atoms with Crippen molar-refractivity contribution in [2.45, 2.75) is 23.5 Å². The standard InChI is InChI=1S/C6H9ClS/c7-5-1-4-2-6(5)8-3-4/h4-6H,1-3H2. The second-order valence-electron chi connectivity index (χ2n) is 2.73. The summed E-state index contributed by atoms with van der Waals surface area (Å²) in [4.78, 5) is 0. The van der Waals surface area contributed by atoms with Crippen molar-refractivity contribution in [3.8, 4) is 0 Å². The van der Waals surface area contributed by atoms with E-state index in [4.69, 9.17) is 11.6 Å². The van der Waals surface area contributed by atoms with Crippen LogP contribution in [0.3, 0.4) is 0 Å². The minimum Gasteiger partial charge on any atom is -0.157 e. The van der Waals surface area contributed by atoms with E-state index >= 15 is 0 Å². The SMILES string of the molecule is ClC1CC2CSC1C2. The Balaban J connectivity index is 2.11. The maximum absolute atomic E-state index is 5.99. The van der Waals surface area contributed by atoms with E-state index in [-0.39, 0.29) is 0 Å². The van der Waals surface area contributed by atoms with Gasteiger partial charge in [-0.25, -0.2) is 0 Å². The van der Waals surface area contributed by atoms with Gasteiger partial charge in [0.15, 0.2) is 0 Å². The fraction of sp³-hybridized carbons (Fsp3) is 1.00. The summed E-state index contributed by atoms with van der Waals surface area (Å²) in [5.74, 6) is 2.36. The quantitative estimate of drug-likeness (QED) is 0.475. The number of fused-ring (bicyclic) bond motifs is 2. The summed E-state index contributed by atoms with van der Waals surface area (Å²) in [5, 5.41) is 1.33. The first kappa shape index (κ1) is 5.43. The molecule has 0 aromatic carbocycles. The second-order valence-corrected chi connectivity index (χ2v) is 4.56. The molecule has 0 radical (unpaired) electrons. The van der Waals surface area contributed by atoms with Crippen LogP contribution < -0.4 is 0 Å². The van der Waals surface area contributed by atoms with Crippen molar-refractivity contribution < 1.29 is 0 Å². The molecule has 2 heteroatoms. The normalized spacial score (nSPS) is 52.9. The van der Waals surface area contributed by atoms with Crippen LogP contribution in [0.4, 0.5) is 0 Å². The molecule has 1 saturated carbocycles. The molecule has 0 aromatic rings. The number of alkyl halides is 1. The summed E-state index contributed by atoms with van der Waals surface area (Å²) in [6.07, 6.45) is 2.69. The molecule has 3 atom stereocenters. The number of rotatable bonds is 0. The lowest BCUT2D eigenvalue weighted by Gasteiger charge is -2.13. The monoisotopic (exact) mass is 148 g/mol. The highest BCUT2D eigenvalue weighted by Gasteiger charge is 2.38. The summed E-state index contributed by atoms with van der Waals surface area (Å²) in [5.41, 5.74) is 0. The first-order valence-electron chi connectivity index (χ1n) is 3.12. The second kappa shape index (κ2) is 1.81. The van der Waals surface area contributed by atoms with Gasteiger partial charge in [0.05, 0.1) is 0 Å². The van der Waals surface area contributed by atoms with E-state index in [1.54, 1.807) is 0 Å². The molecule has 2 fully saturated rings. The Bertz CT molecular complexity index is 103. The maximum atomic E-state index is 5.99. The number of hydrogen-bond acceptors (Lipinski definition) is 1. The largest absolute Gasteiger partial charge is 0.157 e. The van der Waals surface area contributed by atoms with Crippen molar-refractivity contribution in [3.63, 3.8) is 0 Å². The van der Waals surface area contributed by atoms with E-state index in [9.17, 15) is 0 Å². The molecule has 3 unspecified atom stereocenters. The summed E-state index contributed by atoms with van der Waals surface area (Å²) in [6.45, 7) is 0. The van der Waals surface area contributed by atoms with E-state index in [1.807, 2.05) is 0 Å². The van der Waals surface area contributed by atoms with Crippen molar-refractivity contribution in [1.29, 1.82) is 0 Å². The van der Waals surface area contributed by atoms with Crippen LogP contribution in [0.5, 0.6) is 0 Å². The van der Waals surface area contributed by atoms with Crippen molar-refractivity contribution in [2.24, 2.45) is 5.92 Å². The van der Waals surface area contributed by atoms with E-state index in [0.717, 1.165) is 11.2 Å². The van der Waals surface area contributed by atoms with Gasteiger partial charge in [-0.3, -0.25) is 0 Å². The zero-order valence-electron chi connectivity index (χ0n) is 4.64. The molecule has 1 heterocycles. The highest BCUT2D eigenvalue weighted by molar-refractivity contribution is 8.00. The Morgan fingerprint density at radius 1 is 1.38 bits per heavy atom. The van der Waals surface area contributed by atoms with Gasteiger partial charge in [-0.05, 0) is 24.5 Å². The number of hydrogen-bond donors (Lipinski definition) is 0. The summed E-state index contributed by atoms with van der Waals surface area (Å²) in [6, 6.07) is 0. The van der Waals surface area contributed by atoms with Gasteiger partial charge >= 0.3 is 0 Å². The lowest BCUT2D eigenvalue weighted by Crippen LogP contribution is -2.11. The first-order chi connectivity index (χ1) is 3.86. The van der Waals surface area contributed by atoms with Crippen LogP contribution in [0, 0.1) is 5.92 Å². The van der Waals surface area contributed by atoms with Gasteiger partial charge in [-0.2, -0.15) is 11.8 Å². The Labute approximate surface area is 59.0 Å². The minimum absolute atomic E-state index is 0.513. The highest BCUT2D eigenvalue weighted by atomic mass is 35.5. The van der Waals surface area contributed by atoms with Gasteiger partial charge < -0.3 is 0 Å². The number of halogens is 1. The van der Waals surface area contributed by atoms with E-state index in [1.165, 1.54) is 18.6 Å². The fourth-order valence-corrected chi connectivity index (χ4v) is 3.70. The van der Waals surface area contributed by atoms with Crippen LogP contribution in [0.25, 0.3) is 0 Å². The van der Waals surface area contributed by atoms with E-state index < -0.39 is 0 Å². The van der Waals surface area contributed by atoms with E-state index in [2.05, 4.69) is 11.8 Å². The van der Waals surface area contributed by atoms with Crippen LogP contribution in [0.1, 0.15) is 12.8 Å². The molecule has 0 nitrogen and oxygen atoms in total. The molecule has 0 amide bonds. The van der Waals surface area contributed by atoms with Crippen LogP contribution in [0.15, 0.2) is 0 Å². The molecule has 2 aliphatic rings. The van der Waals surface area contributed by atoms with Crippen LogP contribution in [-0.4, -0.2) is 16.4 Å². The van der Waals surface area contributed by atoms with Gasteiger partial charge in [0.2, 0.25) is 0 Å². The van der Waals surface area contributed by atoms with Crippen molar-refractivity contribution in [1.82, 2.24) is 0 Å². The van der Waals surface area contributed by atoms with Crippen LogP contribution in [-0.2, 0) is 0 Å². The zero-order chi connectivity index (χ0) is 5.56. The zero-order valence-corrected chi connectivity index (χ0v) is 6.21. The first-order valence-corrected chi connectivity index (χ1v) is 4.60. The summed E-state index contributed by atoms with van der Waals surface area (Å²) < 4.78 is 0. The van der Waals surface area contributed by atoms with Crippen molar-refractivity contribution in [3.05, 3.63) is 0 Å². The predicted octanol–water partition coefficient (Wildman–Crippen LogP) is 2.12. The van der Waals surface area contributed by atoms with Gasteiger partial charge in [0.25, 0.3) is 0 Å². The molecule has 0 spiro atoms. The topological polar surface area (TPSA) is 0 Å². The molecule has 0 aromatic heterocycles. The summed E-state index contributed by atoms with van der Waals surface area (Å²) in [7, 11) is 0. The molecule has 46 valence electrons. The molecule has 2 bridgehead atoms. The third-order valence-corrected chi connectivity index (χ3v) is 4.32. The Morgan fingerprint density at radius 3 is 2.50 bits per heavy atom. The number of thioether (sulfide) groups is 1. The van der Waals surface area contributed by atoms with Crippen LogP contribution in [0.2, 0.25) is 0 Å². The minimum atomic E-state index is 0.513. The smallest absolute Gasteiger partial charge is 0.0457 e. The molecular formula is C6H9ClS. The van der Waals surface area contributed by atoms with Crippen molar-refractivity contribution in [2.75, 3.05) is 5.75 Å². The molecule has 1 aliphatic heterocycles. The Morgan fingerprint density at radius 2 is 2.25 bits per heavy atom. The molecule has 2 rings (SSSR count). The van der Waals surface area contributed by atoms with Gasteiger partial charge in [-0.15, -0.1) is 11.6 Å². The Hall–Kier alpha value is 0.640. The van der Waals surface area contributed by atoms with Crippen molar-refractivity contribution >= 4 is 23.4 Å². The van der Waals surface area contributed by atoms with Gasteiger partial charge in [0, 0.05) is 10.6 Å². The third kappa shape index (κ3) is 0.679. The Kier molecular flexibility index (Phi) is 1.23. The molecular weight excluding hydrogens is 140 g/mol. The molecule has 8 heavy (non-hydrogen) atoms. The third-order valence-electron chi connectivity index (χ3n) is 2.07. The molecule has 1 aliphatic carbocycles. The average Bonchev–Trinajstić information content (AvgIpc) is 2.23. The van der Waals surface area contributed by atoms with Crippen LogP contribution >= 0.6 is 23.4 Å². The molecule has 1 saturated heterocycles. The average molecular weight is 149 g/mol. The maximum Gasteiger partial charge on any atom is 0.0457 e. The lowest BCUT2D eigenvalue weighted by molar-refractivity contribution is 0.638. The van der Waals surface area contributed by atoms with Gasteiger partial charge in [0.1, 0.15) is 0 Å². The van der Waals surface area contributed by atoms with E-state index in [0.29, 0.717) is 5.38 Å².